The van der Waals surface area contributed by atoms with Gasteiger partial charge in [-0.1, -0.05) is 12.1 Å². The van der Waals surface area contributed by atoms with Crippen LogP contribution in [0.5, 0.6) is 0 Å². The van der Waals surface area contributed by atoms with Crippen molar-refractivity contribution in [2.24, 2.45) is 0 Å². The molecule has 0 radical (unpaired) electrons. The van der Waals surface area contributed by atoms with E-state index in [-0.39, 0.29) is 12.0 Å². The molecule has 1 aliphatic heterocycles. The summed E-state index contributed by atoms with van der Waals surface area (Å²) in [7, 11) is 0. The maximum absolute atomic E-state index is 12.7. The van der Waals surface area contributed by atoms with Crippen LogP contribution in [0.1, 0.15) is 36.0 Å². The minimum atomic E-state index is -4.34. The molecule has 0 spiro atoms. The number of halogens is 3. The van der Waals surface area contributed by atoms with Crippen LogP contribution in [-0.4, -0.2) is 23.8 Å². The molecule has 2 unspecified atom stereocenters. The van der Waals surface area contributed by atoms with Gasteiger partial charge in [0.2, 0.25) is 0 Å². The van der Waals surface area contributed by atoms with Crippen LogP contribution < -0.4 is 4.90 Å². The van der Waals surface area contributed by atoms with Crippen LogP contribution in [0.25, 0.3) is 0 Å². The van der Waals surface area contributed by atoms with Crippen molar-refractivity contribution < 1.29 is 18.3 Å². The SMILES string of the molecule is CC(O)[C@@H]1CC(c2ccc(C(F)(F)F)cc2)CN1c1ccc(C#N)cc1. The number of nitriles is 1. The van der Waals surface area contributed by atoms with Crippen LogP contribution in [0.2, 0.25) is 0 Å². The van der Waals surface area contributed by atoms with E-state index in [1.54, 1.807) is 19.1 Å². The summed E-state index contributed by atoms with van der Waals surface area (Å²) in [6.45, 7) is 2.32. The van der Waals surface area contributed by atoms with Crippen molar-refractivity contribution in [3.63, 3.8) is 0 Å². The topological polar surface area (TPSA) is 47.3 Å². The summed E-state index contributed by atoms with van der Waals surface area (Å²) >= 11 is 0. The summed E-state index contributed by atoms with van der Waals surface area (Å²) in [6.07, 6.45) is -4.27. The fourth-order valence-corrected chi connectivity index (χ4v) is 3.53. The number of aliphatic hydroxyl groups excluding tert-OH is 1. The first-order valence-electron chi connectivity index (χ1n) is 8.41. The van der Waals surface area contributed by atoms with E-state index in [2.05, 4.69) is 11.0 Å². The summed E-state index contributed by atoms with van der Waals surface area (Å²) in [4.78, 5) is 2.06. The summed E-state index contributed by atoms with van der Waals surface area (Å²) in [5.41, 5.74) is 1.63. The third kappa shape index (κ3) is 3.68. The lowest BCUT2D eigenvalue weighted by Gasteiger charge is -2.28. The quantitative estimate of drug-likeness (QED) is 0.887. The second kappa shape index (κ2) is 7.00. The van der Waals surface area contributed by atoms with Crippen molar-refractivity contribution in [2.75, 3.05) is 11.4 Å². The smallest absolute Gasteiger partial charge is 0.391 e. The summed E-state index contributed by atoms with van der Waals surface area (Å²) in [5, 5.41) is 19.1. The van der Waals surface area contributed by atoms with Crippen LogP contribution in [0.15, 0.2) is 48.5 Å². The number of anilines is 1. The van der Waals surface area contributed by atoms with Gasteiger partial charge in [0.05, 0.1) is 29.3 Å². The Labute approximate surface area is 150 Å². The Morgan fingerprint density at radius 3 is 2.23 bits per heavy atom. The van der Waals surface area contributed by atoms with Gasteiger partial charge in [0.25, 0.3) is 0 Å². The molecule has 1 fully saturated rings. The van der Waals surface area contributed by atoms with Gasteiger partial charge in [-0.3, -0.25) is 0 Å². The lowest BCUT2D eigenvalue weighted by atomic mass is 9.94. The highest BCUT2D eigenvalue weighted by Crippen LogP contribution is 2.38. The van der Waals surface area contributed by atoms with E-state index in [1.807, 2.05) is 12.1 Å². The van der Waals surface area contributed by atoms with E-state index in [1.165, 1.54) is 12.1 Å². The van der Waals surface area contributed by atoms with Crippen molar-refractivity contribution in [3.8, 4) is 6.07 Å². The lowest BCUT2D eigenvalue weighted by molar-refractivity contribution is -0.137. The molecule has 0 amide bonds. The van der Waals surface area contributed by atoms with Gasteiger partial charge in [0.1, 0.15) is 0 Å². The van der Waals surface area contributed by atoms with E-state index >= 15 is 0 Å². The molecule has 26 heavy (non-hydrogen) atoms. The number of benzene rings is 2. The minimum Gasteiger partial charge on any atom is -0.391 e. The van der Waals surface area contributed by atoms with Gasteiger partial charge in [-0.05, 0) is 55.3 Å². The van der Waals surface area contributed by atoms with Crippen LogP contribution in [0.4, 0.5) is 18.9 Å². The largest absolute Gasteiger partial charge is 0.416 e. The summed E-state index contributed by atoms with van der Waals surface area (Å²) in [6, 6.07) is 14.3. The predicted octanol–water partition coefficient (Wildman–Crippen LogP) is 4.32. The first-order chi connectivity index (χ1) is 12.3. The number of hydrogen-bond acceptors (Lipinski definition) is 3. The molecule has 1 heterocycles. The highest BCUT2D eigenvalue weighted by molar-refractivity contribution is 5.52. The molecule has 1 N–H and O–H groups in total. The monoisotopic (exact) mass is 360 g/mol. The second-order valence-electron chi connectivity index (χ2n) is 6.67. The zero-order chi connectivity index (χ0) is 18.9. The number of alkyl halides is 3. The minimum absolute atomic E-state index is 0.0347. The van der Waals surface area contributed by atoms with Crippen LogP contribution in [-0.2, 0) is 6.18 Å². The molecule has 0 saturated carbocycles. The molecule has 3 nitrogen and oxygen atoms in total. The third-order valence-electron chi connectivity index (χ3n) is 4.94. The van der Waals surface area contributed by atoms with E-state index in [0.717, 1.165) is 23.4 Å². The maximum atomic E-state index is 12.7. The molecule has 0 aromatic heterocycles. The molecular formula is C20H19F3N2O. The average Bonchev–Trinajstić information content (AvgIpc) is 3.07. The van der Waals surface area contributed by atoms with Crippen LogP contribution in [0.3, 0.4) is 0 Å². The summed E-state index contributed by atoms with van der Waals surface area (Å²) in [5.74, 6) is 0.0347. The van der Waals surface area contributed by atoms with Crippen molar-refractivity contribution in [2.45, 2.75) is 37.6 Å². The number of rotatable bonds is 3. The average molecular weight is 360 g/mol. The fourth-order valence-electron chi connectivity index (χ4n) is 3.53. The van der Waals surface area contributed by atoms with Crippen molar-refractivity contribution >= 4 is 5.69 Å². The molecule has 6 heteroatoms. The van der Waals surface area contributed by atoms with Gasteiger partial charge >= 0.3 is 6.18 Å². The Balaban J connectivity index is 1.83. The number of aliphatic hydroxyl groups is 1. The normalized spacial score (nSPS) is 21.5. The fraction of sp³-hybridized carbons (Fsp3) is 0.350. The zero-order valence-corrected chi connectivity index (χ0v) is 14.2. The van der Waals surface area contributed by atoms with Gasteiger partial charge in [-0.2, -0.15) is 18.4 Å². The zero-order valence-electron chi connectivity index (χ0n) is 14.2. The van der Waals surface area contributed by atoms with Gasteiger partial charge < -0.3 is 10.0 Å². The van der Waals surface area contributed by atoms with Crippen molar-refractivity contribution in [1.29, 1.82) is 5.26 Å². The Kier molecular flexibility index (Phi) is 4.92. The van der Waals surface area contributed by atoms with E-state index in [4.69, 9.17) is 5.26 Å². The van der Waals surface area contributed by atoms with Gasteiger partial charge in [0.15, 0.2) is 0 Å². The second-order valence-corrected chi connectivity index (χ2v) is 6.67. The Bertz CT molecular complexity index is 792. The summed E-state index contributed by atoms with van der Waals surface area (Å²) < 4.78 is 38.2. The molecule has 1 saturated heterocycles. The molecule has 1 aliphatic rings. The molecule has 136 valence electrons. The van der Waals surface area contributed by atoms with E-state index in [9.17, 15) is 18.3 Å². The molecule has 3 rings (SSSR count). The Morgan fingerprint density at radius 2 is 1.73 bits per heavy atom. The van der Waals surface area contributed by atoms with Crippen molar-refractivity contribution in [3.05, 3.63) is 65.2 Å². The van der Waals surface area contributed by atoms with Crippen molar-refractivity contribution in [1.82, 2.24) is 0 Å². The first-order valence-corrected chi connectivity index (χ1v) is 8.41. The molecular weight excluding hydrogens is 341 g/mol. The number of hydrogen-bond donors (Lipinski definition) is 1. The number of nitrogens with zero attached hydrogens (tertiary/aromatic N) is 2. The van der Waals surface area contributed by atoms with Gasteiger partial charge in [0, 0.05) is 18.2 Å². The standard InChI is InChI=1S/C20H19F3N2O/c1-13(26)19-10-16(15-4-6-17(7-5-15)20(21,22)23)12-25(19)18-8-2-14(11-24)3-9-18/h2-9,13,16,19,26H,10,12H2,1H3/t13?,16?,19-/m0/s1. The third-order valence-corrected chi connectivity index (χ3v) is 4.94. The Morgan fingerprint density at radius 1 is 1.12 bits per heavy atom. The van der Waals surface area contributed by atoms with E-state index < -0.39 is 17.8 Å². The van der Waals surface area contributed by atoms with Gasteiger partial charge in [-0.25, -0.2) is 0 Å². The Hall–Kier alpha value is -2.52. The van der Waals surface area contributed by atoms with Crippen LogP contribution in [0, 0.1) is 11.3 Å². The molecule has 2 aromatic rings. The molecule has 3 atom stereocenters. The lowest BCUT2D eigenvalue weighted by Crippen LogP contribution is -2.37. The maximum Gasteiger partial charge on any atom is 0.416 e. The highest BCUT2D eigenvalue weighted by atomic mass is 19.4. The van der Waals surface area contributed by atoms with Gasteiger partial charge in [-0.15, -0.1) is 0 Å². The highest BCUT2D eigenvalue weighted by Gasteiger charge is 2.36. The van der Waals surface area contributed by atoms with Crippen LogP contribution >= 0.6 is 0 Å². The molecule has 0 aliphatic carbocycles. The van der Waals surface area contributed by atoms with E-state index in [0.29, 0.717) is 18.5 Å². The molecule has 0 bridgehead atoms. The predicted molar refractivity (Wildman–Crippen MR) is 92.8 cm³/mol. The molecule has 2 aromatic carbocycles. The first kappa shape index (κ1) is 18.3.